The van der Waals surface area contributed by atoms with E-state index in [1.807, 2.05) is 0 Å². The summed E-state index contributed by atoms with van der Waals surface area (Å²) in [6.45, 7) is 0. The van der Waals surface area contributed by atoms with E-state index >= 15 is 0 Å². The molecule has 0 spiro atoms. The number of alkyl halides is 3. The highest BCUT2D eigenvalue weighted by Gasteiger charge is 2.38. The Hall–Kier alpha value is -0.810. The molecule has 1 nitrogen and oxygen atoms in total. The van der Waals surface area contributed by atoms with Gasteiger partial charge in [-0.15, -0.1) is 0 Å². The first kappa shape index (κ1) is 11.3. The summed E-state index contributed by atoms with van der Waals surface area (Å²) >= 11 is 5.38. The molecule has 78 valence electrons. The quantitative estimate of drug-likeness (QED) is 0.734. The summed E-state index contributed by atoms with van der Waals surface area (Å²) in [5.41, 5.74) is 4.47. The number of halogens is 5. The topological polar surface area (TPSA) is 26.0 Å². The van der Waals surface area contributed by atoms with Gasteiger partial charge in [0.2, 0.25) is 0 Å². The lowest BCUT2D eigenvalue weighted by Gasteiger charge is -2.15. The van der Waals surface area contributed by atoms with Crippen molar-refractivity contribution in [1.29, 1.82) is 0 Å². The van der Waals surface area contributed by atoms with E-state index in [0.29, 0.717) is 6.07 Å². The Kier molecular flexibility index (Phi) is 3.01. The molecule has 0 aromatic heterocycles. The predicted molar refractivity (Wildman–Crippen MR) is 44.4 cm³/mol. The van der Waals surface area contributed by atoms with Crippen molar-refractivity contribution in [2.24, 2.45) is 5.73 Å². The van der Waals surface area contributed by atoms with Gasteiger partial charge in [-0.2, -0.15) is 13.2 Å². The molecule has 0 aliphatic heterocycles. The van der Waals surface area contributed by atoms with Gasteiger partial charge in [-0.25, -0.2) is 4.39 Å². The van der Waals surface area contributed by atoms with Crippen molar-refractivity contribution in [2.75, 3.05) is 0 Å². The third kappa shape index (κ3) is 2.59. The molecule has 0 bridgehead atoms. The average molecular weight is 228 g/mol. The first-order chi connectivity index (χ1) is 6.30. The lowest BCUT2D eigenvalue weighted by atomic mass is 10.1. The molecule has 0 fully saturated rings. The number of benzene rings is 1. The van der Waals surface area contributed by atoms with Crippen LogP contribution < -0.4 is 5.73 Å². The van der Waals surface area contributed by atoms with Crippen molar-refractivity contribution < 1.29 is 17.6 Å². The highest BCUT2D eigenvalue weighted by Crippen LogP contribution is 2.31. The van der Waals surface area contributed by atoms with Gasteiger partial charge in [-0.3, -0.25) is 0 Å². The summed E-state index contributed by atoms with van der Waals surface area (Å²) in [7, 11) is 0. The van der Waals surface area contributed by atoms with Crippen LogP contribution in [-0.4, -0.2) is 6.18 Å². The first-order valence-electron chi connectivity index (χ1n) is 3.59. The minimum atomic E-state index is -4.60. The second-order valence-electron chi connectivity index (χ2n) is 2.72. The molecule has 14 heavy (non-hydrogen) atoms. The standard InChI is InChI=1S/C8H6ClF4N/c9-5-1-4(2-6(10)3-5)7(14)8(11,12)13/h1-3,7H,14H2. The van der Waals surface area contributed by atoms with E-state index in [-0.39, 0.29) is 10.6 Å². The van der Waals surface area contributed by atoms with Gasteiger partial charge >= 0.3 is 6.18 Å². The summed E-state index contributed by atoms with van der Waals surface area (Å²) in [6.07, 6.45) is -4.60. The summed E-state index contributed by atoms with van der Waals surface area (Å²) in [5, 5.41) is -0.111. The van der Waals surface area contributed by atoms with Crippen molar-refractivity contribution in [2.45, 2.75) is 12.2 Å². The van der Waals surface area contributed by atoms with E-state index in [1.54, 1.807) is 0 Å². The van der Waals surface area contributed by atoms with Gasteiger partial charge < -0.3 is 5.73 Å². The van der Waals surface area contributed by atoms with Crippen molar-refractivity contribution >= 4 is 11.6 Å². The predicted octanol–water partition coefficient (Wildman–Crippen LogP) is 3.04. The van der Waals surface area contributed by atoms with E-state index in [1.165, 1.54) is 0 Å². The second kappa shape index (κ2) is 3.74. The van der Waals surface area contributed by atoms with Crippen LogP contribution in [0.4, 0.5) is 17.6 Å². The summed E-state index contributed by atoms with van der Waals surface area (Å²) in [4.78, 5) is 0. The van der Waals surface area contributed by atoms with Crippen molar-refractivity contribution in [1.82, 2.24) is 0 Å². The Morgan fingerprint density at radius 2 is 1.79 bits per heavy atom. The largest absolute Gasteiger partial charge is 0.407 e. The van der Waals surface area contributed by atoms with Crippen LogP contribution in [0.3, 0.4) is 0 Å². The molecule has 0 amide bonds. The average Bonchev–Trinajstić information content (AvgIpc) is 1.99. The Labute approximate surface area is 82.5 Å². The molecule has 0 radical (unpaired) electrons. The first-order valence-corrected chi connectivity index (χ1v) is 3.97. The van der Waals surface area contributed by atoms with E-state index < -0.39 is 18.0 Å². The van der Waals surface area contributed by atoms with E-state index in [2.05, 4.69) is 0 Å². The fraction of sp³-hybridized carbons (Fsp3) is 0.250. The summed E-state index contributed by atoms with van der Waals surface area (Å²) < 4.78 is 49.0. The van der Waals surface area contributed by atoms with Crippen LogP contribution in [-0.2, 0) is 0 Å². The van der Waals surface area contributed by atoms with Gasteiger partial charge in [0.15, 0.2) is 0 Å². The van der Waals surface area contributed by atoms with E-state index in [0.717, 1.165) is 12.1 Å². The molecule has 0 aliphatic carbocycles. The monoisotopic (exact) mass is 227 g/mol. The summed E-state index contributed by atoms with van der Waals surface area (Å²) in [5.74, 6) is -0.841. The smallest absolute Gasteiger partial charge is 0.316 e. The van der Waals surface area contributed by atoms with Crippen LogP contribution in [0, 0.1) is 5.82 Å². The molecule has 1 unspecified atom stereocenters. The number of rotatable bonds is 1. The zero-order chi connectivity index (χ0) is 10.9. The fourth-order valence-electron chi connectivity index (χ4n) is 0.944. The Morgan fingerprint density at radius 1 is 1.21 bits per heavy atom. The normalized spacial score (nSPS) is 14.1. The van der Waals surface area contributed by atoms with Crippen LogP contribution in [0.1, 0.15) is 11.6 Å². The van der Waals surface area contributed by atoms with Gasteiger partial charge in [0.05, 0.1) is 0 Å². The van der Waals surface area contributed by atoms with Gasteiger partial charge in [0.1, 0.15) is 11.9 Å². The molecule has 0 saturated heterocycles. The zero-order valence-electron chi connectivity index (χ0n) is 6.78. The maximum Gasteiger partial charge on any atom is 0.407 e. The molecular formula is C8H6ClF4N. The maximum atomic E-state index is 12.7. The van der Waals surface area contributed by atoms with Crippen LogP contribution >= 0.6 is 11.6 Å². The number of hydrogen-bond acceptors (Lipinski definition) is 1. The molecule has 0 heterocycles. The number of hydrogen-bond donors (Lipinski definition) is 1. The highest BCUT2D eigenvalue weighted by molar-refractivity contribution is 6.30. The molecule has 1 aromatic carbocycles. The van der Waals surface area contributed by atoms with Crippen molar-refractivity contribution in [3.05, 3.63) is 34.6 Å². The number of nitrogens with two attached hydrogens (primary N) is 1. The third-order valence-electron chi connectivity index (χ3n) is 1.60. The minimum Gasteiger partial charge on any atom is -0.316 e. The van der Waals surface area contributed by atoms with Gasteiger partial charge in [-0.1, -0.05) is 11.6 Å². The lowest BCUT2D eigenvalue weighted by Crippen LogP contribution is -2.28. The van der Waals surface area contributed by atoms with E-state index in [4.69, 9.17) is 17.3 Å². The maximum absolute atomic E-state index is 12.7. The van der Waals surface area contributed by atoms with Crippen LogP contribution in [0.5, 0.6) is 0 Å². The van der Waals surface area contributed by atoms with Crippen LogP contribution in [0.2, 0.25) is 5.02 Å². The van der Waals surface area contributed by atoms with Gasteiger partial charge in [-0.05, 0) is 23.8 Å². The summed E-state index contributed by atoms with van der Waals surface area (Å²) in [6, 6.07) is 0.400. The minimum absolute atomic E-state index is 0.111. The van der Waals surface area contributed by atoms with E-state index in [9.17, 15) is 17.6 Å². The molecular weight excluding hydrogens is 222 g/mol. The molecule has 2 N–H and O–H groups in total. The van der Waals surface area contributed by atoms with Crippen molar-refractivity contribution in [3.8, 4) is 0 Å². The SMILES string of the molecule is NC(c1cc(F)cc(Cl)c1)C(F)(F)F. The Balaban J connectivity index is 3.07. The molecule has 0 saturated carbocycles. The molecule has 1 aromatic rings. The van der Waals surface area contributed by atoms with Crippen LogP contribution in [0.25, 0.3) is 0 Å². The fourth-order valence-corrected chi connectivity index (χ4v) is 1.17. The molecule has 1 atom stereocenters. The van der Waals surface area contributed by atoms with Crippen LogP contribution in [0.15, 0.2) is 18.2 Å². The van der Waals surface area contributed by atoms with Gasteiger partial charge in [0.25, 0.3) is 0 Å². The zero-order valence-corrected chi connectivity index (χ0v) is 7.53. The Morgan fingerprint density at radius 3 is 2.21 bits per heavy atom. The van der Waals surface area contributed by atoms with Gasteiger partial charge in [0, 0.05) is 5.02 Å². The lowest BCUT2D eigenvalue weighted by molar-refractivity contribution is -0.149. The van der Waals surface area contributed by atoms with Crippen molar-refractivity contribution in [3.63, 3.8) is 0 Å². The molecule has 0 aliphatic rings. The highest BCUT2D eigenvalue weighted by atomic mass is 35.5. The molecule has 6 heteroatoms. The molecule has 1 rings (SSSR count). The third-order valence-corrected chi connectivity index (χ3v) is 1.81. The second-order valence-corrected chi connectivity index (χ2v) is 3.16. The Bertz CT molecular complexity index is 316.